The van der Waals surface area contributed by atoms with Gasteiger partial charge in [-0.1, -0.05) is 6.42 Å². The molecular weight excluding hydrogens is 218 g/mol. The molecule has 1 aromatic heterocycles. The van der Waals surface area contributed by atoms with Crippen molar-refractivity contribution in [2.45, 2.75) is 31.8 Å². The molecule has 2 heterocycles. The zero-order chi connectivity index (χ0) is 11.4. The van der Waals surface area contributed by atoms with Crippen molar-refractivity contribution in [3.63, 3.8) is 0 Å². The average molecular weight is 239 g/mol. The van der Waals surface area contributed by atoms with E-state index in [1.165, 1.54) is 30.7 Å². The number of nitrogens with two attached hydrogens (primary N) is 1. The maximum absolute atomic E-state index is 5.85. The monoisotopic (exact) mass is 239 g/mol. The van der Waals surface area contributed by atoms with Crippen LogP contribution >= 0.6 is 11.3 Å². The number of nitrogens with one attached hydrogen (secondary N) is 1. The van der Waals surface area contributed by atoms with Gasteiger partial charge in [0.25, 0.3) is 0 Å². The lowest BCUT2D eigenvalue weighted by molar-refractivity contribution is 0.181. The highest BCUT2D eigenvalue weighted by atomic mass is 32.1. The van der Waals surface area contributed by atoms with Crippen LogP contribution in [-0.2, 0) is 6.54 Å². The minimum Gasteiger partial charge on any atom is -0.398 e. The van der Waals surface area contributed by atoms with Crippen LogP contribution in [-0.4, -0.2) is 31.1 Å². The molecule has 3 N–H and O–H groups in total. The second kappa shape index (κ2) is 5.66. The predicted octanol–water partition coefficient (Wildman–Crippen LogP) is 1.90. The maximum Gasteiger partial charge on any atom is 0.0468 e. The molecule has 3 nitrogen and oxygen atoms in total. The van der Waals surface area contributed by atoms with Gasteiger partial charge in [0.05, 0.1) is 0 Å². The summed E-state index contributed by atoms with van der Waals surface area (Å²) in [6.07, 6.45) is 4.05. The van der Waals surface area contributed by atoms with E-state index in [9.17, 15) is 0 Å². The van der Waals surface area contributed by atoms with Crippen LogP contribution in [0.25, 0.3) is 0 Å². The van der Waals surface area contributed by atoms with Gasteiger partial charge >= 0.3 is 0 Å². The summed E-state index contributed by atoms with van der Waals surface area (Å²) in [6, 6.07) is 2.68. The molecule has 1 aromatic rings. The van der Waals surface area contributed by atoms with Gasteiger partial charge in [-0.2, -0.15) is 0 Å². The number of hydrogen-bond acceptors (Lipinski definition) is 4. The van der Waals surface area contributed by atoms with Gasteiger partial charge in [-0.3, -0.25) is 0 Å². The highest BCUT2D eigenvalue weighted by Crippen LogP contribution is 2.19. The lowest BCUT2D eigenvalue weighted by Crippen LogP contribution is -2.42. The van der Waals surface area contributed by atoms with E-state index in [1.54, 1.807) is 11.3 Å². The Bertz CT molecular complexity index is 324. The van der Waals surface area contributed by atoms with E-state index in [-0.39, 0.29) is 0 Å². The molecule has 0 aliphatic carbocycles. The Hall–Kier alpha value is -0.580. The van der Waals surface area contributed by atoms with E-state index < -0.39 is 0 Å². The normalized spacial score (nSPS) is 22.4. The molecular formula is C12H21N3S. The standard InChI is InChI=1S/C12H21N3S/c1-15-6-3-2-4-10(15)8-14-9-12-11(13)5-7-16-12/h5,7,10,14H,2-4,6,8-9,13H2,1H3. The smallest absolute Gasteiger partial charge is 0.0468 e. The number of likely N-dealkylation sites (N-methyl/N-ethyl adjacent to an activating group) is 1. The number of piperidine rings is 1. The van der Waals surface area contributed by atoms with Crippen molar-refractivity contribution in [3.05, 3.63) is 16.3 Å². The molecule has 4 heteroatoms. The fourth-order valence-corrected chi connectivity index (χ4v) is 3.02. The first-order valence-electron chi connectivity index (χ1n) is 6.00. The lowest BCUT2D eigenvalue weighted by Gasteiger charge is -2.32. The molecule has 1 aliphatic rings. The minimum absolute atomic E-state index is 0.704. The van der Waals surface area contributed by atoms with Crippen molar-refractivity contribution in [1.82, 2.24) is 10.2 Å². The van der Waals surface area contributed by atoms with Crippen LogP contribution < -0.4 is 11.1 Å². The Morgan fingerprint density at radius 1 is 1.56 bits per heavy atom. The van der Waals surface area contributed by atoms with Crippen LogP contribution in [0.3, 0.4) is 0 Å². The van der Waals surface area contributed by atoms with Gasteiger partial charge in [-0.15, -0.1) is 11.3 Å². The molecule has 16 heavy (non-hydrogen) atoms. The quantitative estimate of drug-likeness (QED) is 0.843. The van der Waals surface area contributed by atoms with Crippen LogP contribution in [0.1, 0.15) is 24.1 Å². The molecule has 0 radical (unpaired) electrons. The average Bonchev–Trinajstić information content (AvgIpc) is 2.67. The summed E-state index contributed by atoms with van der Waals surface area (Å²) in [5.74, 6) is 0. The Balaban J connectivity index is 1.73. The highest BCUT2D eigenvalue weighted by Gasteiger charge is 2.18. The van der Waals surface area contributed by atoms with Gasteiger partial charge in [0.2, 0.25) is 0 Å². The first-order chi connectivity index (χ1) is 7.77. The van der Waals surface area contributed by atoms with Gasteiger partial charge in [0, 0.05) is 29.7 Å². The minimum atomic E-state index is 0.704. The van der Waals surface area contributed by atoms with Crippen LogP contribution in [0.15, 0.2) is 11.4 Å². The molecule has 1 saturated heterocycles. The molecule has 1 unspecified atom stereocenters. The third-order valence-corrected chi connectivity index (χ3v) is 4.30. The van der Waals surface area contributed by atoms with E-state index in [4.69, 9.17) is 5.73 Å². The summed E-state index contributed by atoms with van der Waals surface area (Å²) in [5, 5.41) is 5.57. The zero-order valence-electron chi connectivity index (χ0n) is 9.91. The predicted molar refractivity (Wildman–Crippen MR) is 70.7 cm³/mol. The number of likely N-dealkylation sites (tertiary alicyclic amines) is 1. The molecule has 0 bridgehead atoms. The largest absolute Gasteiger partial charge is 0.398 e. The second-order valence-corrected chi connectivity index (χ2v) is 5.56. The fraction of sp³-hybridized carbons (Fsp3) is 0.667. The lowest BCUT2D eigenvalue weighted by atomic mass is 10.0. The number of nitrogens with zero attached hydrogens (tertiary/aromatic N) is 1. The van der Waals surface area contributed by atoms with Crippen molar-refractivity contribution in [2.75, 3.05) is 25.9 Å². The highest BCUT2D eigenvalue weighted by molar-refractivity contribution is 7.10. The summed E-state index contributed by atoms with van der Waals surface area (Å²) < 4.78 is 0. The molecule has 0 amide bonds. The molecule has 1 aliphatic heterocycles. The zero-order valence-corrected chi connectivity index (χ0v) is 10.7. The Morgan fingerprint density at radius 3 is 3.12 bits per heavy atom. The molecule has 1 atom stereocenters. The first kappa shape index (κ1) is 11.9. The summed E-state index contributed by atoms with van der Waals surface area (Å²) in [5.41, 5.74) is 6.77. The number of nitrogen functional groups attached to an aromatic ring is 1. The third-order valence-electron chi connectivity index (χ3n) is 3.37. The molecule has 2 rings (SSSR count). The van der Waals surface area contributed by atoms with Crippen LogP contribution in [0.4, 0.5) is 5.69 Å². The molecule has 1 fully saturated rings. The van der Waals surface area contributed by atoms with Gasteiger partial charge in [-0.25, -0.2) is 0 Å². The van der Waals surface area contributed by atoms with Crippen molar-refractivity contribution in [2.24, 2.45) is 0 Å². The summed E-state index contributed by atoms with van der Waals surface area (Å²) in [6.45, 7) is 3.23. The summed E-state index contributed by atoms with van der Waals surface area (Å²) in [7, 11) is 2.23. The molecule has 0 spiro atoms. The number of hydrogen-bond donors (Lipinski definition) is 2. The van der Waals surface area contributed by atoms with E-state index in [2.05, 4.69) is 22.6 Å². The SMILES string of the molecule is CN1CCCCC1CNCc1sccc1N. The second-order valence-electron chi connectivity index (χ2n) is 4.56. The van der Waals surface area contributed by atoms with Gasteiger partial charge < -0.3 is 16.0 Å². The Kier molecular flexibility index (Phi) is 4.21. The van der Waals surface area contributed by atoms with E-state index in [0.29, 0.717) is 6.04 Å². The molecule has 0 aromatic carbocycles. The fourth-order valence-electron chi connectivity index (χ4n) is 2.25. The third kappa shape index (κ3) is 2.97. The number of anilines is 1. The maximum atomic E-state index is 5.85. The van der Waals surface area contributed by atoms with Crippen LogP contribution in [0, 0.1) is 0 Å². The van der Waals surface area contributed by atoms with E-state index in [0.717, 1.165) is 18.8 Å². The van der Waals surface area contributed by atoms with Gasteiger partial charge in [-0.05, 0) is 37.9 Å². The van der Waals surface area contributed by atoms with Crippen LogP contribution in [0.5, 0.6) is 0 Å². The Labute approximate surface area is 102 Å². The summed E-state index contributed by atoms with van der Waals surface area (Å²) in [4.78, 5) is 3.73. The number of rotatable bonds is 4. The molecule has 0 saturated carbocycles. The van der Waals surface area contributed by atoms with Gasteiger partial charge in [0.15, 0.2) is 0 Å². The number of thiophene rings is 1. The van der Waals surface area contributed by atoms with Crippen molar-refractivity contribution < 1.29 is 0 Å². The molecule has 90 valence electrons. The van der Waals surface area contributed by atoms with Crippen LogP contribution in [0.2, 0.25) is 0 Å². The van der Waals surface area contributed by atoms with Crippen molar-refractivity contribution in [3.8, 4) is 0 Å². The topological polar surface area (TPSA) is 41.3 Å². The van der Waals surface area contributed by atoms with E-state index in [1.807, 2.05) is 6.07 Å². The summed E-state index contributed by atoms with van der Waals surface area (Å²) >= 11 is 1.74. The van der Waals surface area contributed by atoms with Crippen molar-refractivity contribution in [1.29, 1.82) is 0 Å². The first-order valence-corrected chi connectivity index (χ1v) is 6.88. The van der Waals surface area contributed by atoms with E-state index >= 15 is 0 Å². The Morgan fingerprint density at radius 2 is 2.44 bits per heavy atom. The van der Waals surface area contributed by atoms with Crippen molar-refractivity contribution >= 4 is 17.0 Å². The van der Waals surface area contributed by atoms with Gasteiger partial charge in [0.1, 0.15) is 0 Å².